The third-order valence-electron chi connectivity index (χ3n) is 4.94. The Morgan fingerprint density at radius 1 is 0.960 bits per heavy atom. The van der Waals surface area contributed by atoms with Gasteiger partial charge in [0.15, 0.2) is 5.82 Å². The molecule has 3 rings (SSSR count). The number of hydrogen-bond acceptors (Lipinski definition) is 3. The highest BCUT2D eigenvalue weighted by Crippen LogP contribution is 2.25. The number of benzene rings is 1. The van der Waals surface area contributed by atoms with Crippen LogP contribution in [-0.4, -0.2) is 21.2 Å². The lowest BCUT2D eigenvalue weighted by Crippen LogP contribution is -2.13. The molecule has 1 amide bonds. The van der Waals surface area contributed by atoms with Crippen LogP contribution in [-0.2, 0) is 12.8 Å². The highest BCUT2D eigenvalue weighted by atomic mass is 16.3. The second-order valence-electron chi connectivity index (χ2n) is 6.83. The van der Waals surface area contributed by atoms with Gasteiger partial charge in [-0.2, -0.15) is 5.10 Å². The van der Waals surface area contributed by atoms with Gasteiger partial charge in [0.05, 0.1) is 5.56 Å². The summed E-state index contributed by atoms with van der Waals surface area (Å²) in [5, 5.41) is 20.2. The SMILES string of the molecule is O=C(Nc1n[nH]c2c1CCCCCCCCCC2)c1ccccc1O. The van der Waals surface area contributed by atoms with Crippen LogP contribution in [0.15, 0.2) is 24.3 Å². The predicted octanol–water partition coefficient (Wildman–Crippen LogP) is 4.59. The van der Waals surface area contributed by atoms with Crippen LogP contribution in [0.2, 0.25) is 0 Å². The molecule has 0 fully saturated rings. The van der Waals surface area contributed by atoms with Crippen LogP contribution in [0.25, 0.3) is 0 Å². The topological polar surface area (TPSA) is 78.0 Å². The van der Waals surface area contributed by atoms with Crippen LogP contribution < -0.4 is 5.32 Å². The van der Waals surface area contributed by atoms with E-state index >= 15 is 0 Å². The molecule has 5 heteroatoms. The first kappa shape index (κ1) is 17.5. The first-order valence-corrected chi connectivity index (χ1v) is 9.41. The summed E-state index contributed by atoms with van der Waals surface area (Å²) >= 11 is 0. The van der Waals surface area contributed by atoms with E-state index in [0.717, 1.165) is 36.9 Å². The number of H-pyrrole nitrogens is 1. The number of fused-ring (bicyclic) bond motifs is 1. The number of carbonyl (C=O) groups excluding carboxylic acids is 1. The van der Waals surface area contributed by atoms with Gasteiger partial charge >= 0.3 is 0 Å². The minimum atomic E-state index is -0.321. The summed E-state index contributed by atoms with van der Waals surface area (Å²) in [4.78, 5) is 12.5. The minimum Gasteiger partial charge on any atom is -0.507 e. The van der Waals surface area contributed by atoms with Crippen molar-refractivity contribution >= 4 is 11.7 Å². The zero-order chi connectivity index (χ0) is 17.5. The van der Waals surface area contributed by atoms with E-state index in [1.807, 2.05) is 0 Å². The molecule has 0 saturated carbocycles. The van der Waals surface area contributed by atoms with Crippen molar-refractivity contribution in [1.82, 2.24) is 10.2 Å². The number of hydrogen-bond donors (Lipinski definition) is 3. The van der Waals surface area contributed by atoms with Gasteiger partial charge in [-0.25, -0.2) is 0 Å². The number of phenols is 1. The Hall–Kier alpha value is -2.30. The number of aromatic nitrogens is 2. The van der Waals surface area contributed by atoms with E-state index < -0.39 is 0 Å². The van der Waals surface area contributed by atoms with Crippen molar-refractivity contribution in [3.05, 3.63) is 41.1 Å². The molecule has 0 radical (unpaired) electrons. The Balaban J connectivity index is 1.75. The van der Waals surface area contributed by atoms with Crippen LogP contribution >= 0.6 is 0 Å². The van der Waals surface area contributed by atoms with Crippen molar-refractivity contribution in [2.75, 3.05) is 5.32 Å². The van der Waals surface area contributed by atoms with Crippen LogP contribution in [0, 0.1) is 0 Å². The molecule has 1 aromatic carbocycles. The quantitative estimate of drug-likeness (QED) is 0.748. The van der Waals surface area contributed by atoms with Crippen LogP contribution in [0.1, 0.15) is 73.0 Å². The molecule has 1 heterocycles. The highest BCUT2D eigenvalue weighted by Gasteiger charge is 2.17. The summed E-state index contributed by atoms with van der Waals surface area (Å²) in [6, 6.07) is 6.58. The summed E-state index contributed by atoms with van der Waals surface area (Å²) in [6.07, 6.45) is 11.9. The number of rotatable bonds is 2. The Morgan fingerprint density at radius 3 is 2.32 bits per heavy atom. The van der Waals surface area contributed by atoms with Gasteiger partial charge in [0.25, 0.3) is 5.91 Å². The predicted molar refractivity (Wildman–Crippen MR) is 99.0 cm³/mol. The van der Waals surface area contributed by atoms with E-state index in [0.29, 0.717) is 5.82 Å². The largest absolute Gasteiger partial charge is 0.507 e. The molecule has 134 valence electrons. The Labute approximate surface area is 148 Å². The van der Waals surface area contributed by atoms with Crippen molar-refractivity contribution in [3.63, 3.8) is 0 Å². The van der Waals surface area contributed by atoms with Gasteiger partial charge in [-0.3, -0.25) is 9.89 Å². The van der Waals surface area contributed by atoms with E-state index in [2.05, 4.69) is 15.5 Å². The average Bonchev–Trinajstić information content (AvgIpc) is 2.96. The van der Waals surface area contributed by atoms with Crippen molar-refractivity contribution in [2.24, 2.45) is 0 Å². The molecule has 1 aliphatic carbocycles. The molecule has 0 bridgehead atoms. The standard InChI is InChI=1S/C20H27N3O2/c24-18-14-10-9-12-16(18)20(25)21-19-15-11-7-5-3-1-2-4-6-8-13-17(15)22-23-19/h9-10,12,14,24H,1-8,11,13H2,(H2,21,22,23,25). The number of aromatic amines is 1. The van der Waals surface area contributed by atoms with Gasteiger partial charge in [0.2, 0.25) is 0 Å². The highest BCUT2D eigenvalue weighted by molar-refractivity contribution is 6.06. The van der Waals surface area contributed by atoms with Crippen LogP contribution in [0.5, 0.6) is 5.75 Å². The summed E-state index contributed by atoms with van der Waals surface area (Å²) < 4.78 is 0. The van der Waals surface area contributed by atoms with E-state index in [1.165, 1.54) is 44.6 Å². The number of carbonyl (C=O) groups is 1. The van der Waals surface area contributed by atoms with Crippen molar-refractivity contribution in [1.29, 1.82) is 0 Å². The zero-order valence-corrected chi connectivity index (χ0v) is 14.7. The molecule has 0 unspecified atom stereocenters. The van der Waals surface area contributed by atoms with Gasteiger partial charge in [-0.15, -0.1) is 0 Å². The fraction of sp³-hybridized carbons (Fsp3) is 0.500. The zero-order valence-electron chi connectivity index (χ0n) is 14.7. The smallest absolute Gasteiger partial charge is 0.260 e. The maximum absolute atomic E-state index is 12.5. The summed E-state index contributed by atoms with van der Waals surface area (Å²) in [5.74, 6) is 0.276. The second-order valence-corrected chi connectivity index (χ2v) is 6.83. The van der Waals surface area contributed by atoms with Gasteiger partial charge in [0.1, 0.15) is 5.75 Å². The molecule has 0 spiro atoms. The number of phenolic OH excluding ortho intramolecular Hbond substituents is 1. The van der Waals surface area contributed by atoms with Crippen molar-refractivity contribution < 1.29 is 9.90 Å². The molecular formula is C20H27N3O2. The van der Waals surface area contributed by atoms with Gasteiger partial charge in [0, 0.05) is 11.3 Å². The van der Waals surface area contributed by atoms with E-state index in [4.69, 9.17) is 0 Å². The normalized spacial score (nSPS) is 16.3. The summed E-state index contributed by atoms with van der Waals surface area (Å²) in [7, 11) is 0. The molecule has 25 heavy (non-hydrogen) atoms. The maximum Gasteiger partial charge on any atom is 0.260 e. The van der Waals surface area contributed by atoms with Gasteiger partial charge in [-0.05, 0) is 37.8 Å². The second kappa shape index (κ2) is 8.70. The van der Waals surface area contributed by atoms with Crippen molar-refractivity contribution in [2.45, 2.75) is 64.2 Å². The molecule has 1 aliphatic rings. The van der Waals surface area contributed by atoms with Crippen LogP contribution in [0.4, 0.5) is 5.82 Å². The monoisotopic (exact) mass is 341 g/mol. The average molecular weight is 341 g/mol. The summed E-state index contributed by atoms with van der Waals surface area (Å²) in [5.41, 5.74) is 2.55. The number of amides is 1. The Kier molecular flexibility index (Phi) is 6.09. The number of aryl methyl sites for hydroxylation is 1. The first-order valence-electron chi connectivity index (χ1n) is 9.41. The minimum absolute atomic E-state index is 0.0144. The molecule has 0 atom stereocenters. The lowest BCUT2D eigenvalue weighted by molar-refractivity contribution is 0.102. The van der Waals surface area contributed by atoms with Gasteiger partial charge in [-0.1, -0.05) is 50.7 Å². The maximum atomic E-state index is 12.5. The summed E-state index contributed by atoms with van der Waals surface area (Å²) in [6.45, 7) is 0. The fourth-order valence-electron chi connectivity index (χ4n) is 3.49. The molecule has 2 aromatic rings. The molecular weight excluding hydrogens is 314 g/mol. The Morgan fingerprint density at radius 2 is 1.60 bits per heavy atom. The first-order chi connectivity index (χ1) is 12.3. The van der Waals surface area contributed by atoms with Crippen LogP contribution in [0.3, 0.4) is 0 Å². The molecule has 5 nitrogen and oxygen atoms in total. The van der Waals surface area contributed by atoms with E-state index in [9.17, 15) is 9.90 Å². The lowest BCUT2D eigenvalue weighted by Gasteiger charge is -2.10. The Bertz CT molecular complexity index is 709. The third kappa shape index (κ3) is 4.62. The van der Waals surface area contributed by atoms with Gasteiger partial charge < -0.3 is 10.4 Å². The number of aromatic hydroxyl groups is 1. The lowest BCUT2D eigenvalue weighted by atomic mass is 9.99. The van der Waals surface area contributed by atoms with E-state index in [-0.39, 0.29) is 17.2 Å². The number of nitrogens with one attached hydrogen (secondary N) is 2. The number of nitrogens with zero attached hydrogens (tertiary/aromatic N) is 1. The third-order valence-corrected chi connectivity index (χ3v) is 4.94. The molecule has 0 aliphatic heterocycles. The number of para-hydroxylation sites is 1. The molecule has 3 N–H and O–H groups in total. The molecule has 0 saturated heterocycles. The fourth-order valence-corrected chi connectivity index (χ4v) is 3.49. The number of anilines is 1. The molecule has 1 aromatic heterocycles. The van der Waals surface area contributed by atoms with E-state index in [1.54, 1.807) is 18.2 Å². The van der Waals surface area contributed by atoms with Crippen molar-refractivity contribution in [3.8, 4) is 5.75 Å².